The van der Waals surface area contributed by atoms with Crippen LogP contribution < -0.4 is 0 Å². The van der Waals surface area contributed by atoms with E-state index in [1.54, 1.807) is 25.5 Å². The lowest BCUT2D eigenvalue weighted by Gasteiger charge is -2.27. The summed E-state index contributed by atoms with van der Waals surface area (Å²) in [5, 5.41) is 1.80. The lowest BCUT2D eigenvalue weighted by atomic mass is 9.77. The molecule has 1 aliphatic rings. The van der Waals surface area contributed by atoms with Crippen molar-refractivity contribution >= 4 is 16.6 Å². The van der Waals surface area contributed by atoms with Crippen LogP contribution in [0.15, 0.2) is 35.1 Å². The Hall–Kier alpha value is -2.77. The molecule has 0 aromatic carbocycles. The van der Waals surface area contributed by atoms with Crippen molar-refractivity contribution < 1.29 is 22.4 Å². The molecule has 4 rings (SSSR count). The lowest BCUT2D eigenvalue weighted by molar-refractivity contribution is -0.136. The molecule has 1 fully saturated rings. The monoisotopic (exact) mass is 445 g/mol. The molecule has 0 amide bonds. The zero-order valence-electron chi connectivity index (χ0n) is 18.0. The van der Waals surface area contributed by atoms with Gasteiger partial charge in [0.25, 0.3) is 0 Å². The molecule has 1 aliphatic carbocycles. The van der Waals surface area contributed by atoms with Gasteiger partial charge in [0.15, 0.2) is 11.7 Å². The fraction of sp³-hybridized carbons (Fsp3) is 0.500. The molecule has 32 heavy (non-hydrogen) atoms. The lowest BCUT2D eigenvalue weighted by Crippen LogP contribution is -2.23. The number of carbonyl (C=O) groups is 1. The summed E-state index contributed by atoms with van der Waals surface area (Å²) in [6.45, 7) is 1.77. The smallest absolute Gasteiger partial charge is 0.389 e. The second-order valence-corrected chi connectivity index (χ2v) is 8.70. The van der Waals surface area contributed by atoms with Crippen LogP contribution in [0.1, 0.15) is 56.5 Å². The Balaban J connectivity index is 1.34. The number of aromatic nitrogens is 3. The quantitative estimate of drug-likeness (QED) is 0.430. The van der Waals surface area contributed by atoms with E-state index in [-0.39, 0.29) is 24.5 Å². The van der Waals surface area contributed by atoms with E-state index in [9.17, 15) is 18.0 Å². The molecule has 0 radical (unpaired) electrons. The summed E-state index contributed by atoms with van der Waals surface area (Å²) < 4.78 is 42.5. The SMILES string of the molecule is Cc1ncc(-c2cc3cc(CC(=O)C4CCC(CCCC(F)(F)F)CC4)ncc3cn2)o1. The van der Waals surface area contributed by atoms with Crippen LogP contribution in [0.3, 0.4) is 0 Å². The highest BCUT2D eigenvalue weighted by atomic mass is 19.4. The van der Waals surface area contributed by atoms with Crippen LogP contribution in [0.4, 0.5) is 13.2 Å². The van der Waals surface area contributed by atoms with Crippen molar-refractivity contribution in [2.75, 3.05) is 0 Å². The van der Waals surface area contributed by atoms with Gasteiger partial charge in [-0.3, -0.25) is 14.8 Å². The first kappa shape index (κ1) is 22.4. The van der Waals surface area contributed by atoms with Crippen molar-refractivity contribution in [3.05, 3.63) is 42.3 Å². The summed E-state index contributed by atoms with van der Waals surface area (Å²) in [6, 6.07) is 3.81. The maximum atomic E-state index is 12.8. The number of aryl methyl sites for hydroxylation is 1. The van der Waals surface area contributed by atoms with Gasteiger partial charge in [-0.25, -0.2) is 4.98 Å². The van der Waals surface area contributed by atoms with Crippen molar-refractivity contribution in [3.8, 4) is 11.5 Å². The van der Waals surface area contributed by atoms with Crippen molar-refractivity contribution in [1.82, 2.24) is 15.0 Å². The van der Waals surface area contributed by atoms with Crippen LogP contribution >= 0.6 is 0 Å². The number of hydrogen-bond donors (Lipinski definition) is 0. The zero-order chi connectivity index (χ0) is 22.7. The predicted octanol–water partition coefficient (Wildman–Crippen LogP) is 6.24. The van der Waals surface area contributed by atoms with Gasteiger partial charge in [-0.1, -0.05) is 6.42 Å². The van der Waals surface area contributed by atoms with Crippen molar-refractivity contribution in [2.45, 2.75) is 64.5 Å². The van der Waals surface area contributed by atoms with Gasteiger partial charge >= 0.3 is 6.18 Å². The fourth-order valence-electron chi connectivity index (χ4n) is 4.48. The van der Waals surface area contributed by atoms with Crippen LogP contribution in [0, 0.1) is 18.8 Å². The average Bonchev–Trinajstić information content (AvgIpc) is 3.19. The van der Waals surface area contributed by atoms with Crippen LogP contribution in [0.2, 0.25) is 0 Å². The normalized spacial score (nSPS) is 19.4. The number of carbonyl (C=O) groups excluding carboxylic acids is 1. The van der Waals surface area contributed by atoms with E-state index in [2.05, 4.69) is 15.0 Å². The summed E-state index contributed by atoms with van der Waals surface area (Å²) in [5.74, 6) is 1.58. The van der Waals surface area contributed by atoms with Gasteiger partial charge in [-0.2, -0.15) is 13.2 Å². The van der Waals surface area contributed by atoms with Gasteiger partial charge in [-0.15, -0.1) is 0 Å². The summed E-state index contributed by atoms with van der Waals surface area (Å²) in [7, 11) is 0. The van der Waals surface area contributed by atoms with Crippen LogP contribution in [-0.4, -0.2) is 26.9 Å². The third-order valence-electron chi connectivity index (χ3n) is 6.26. The van der Waals surface area contributed by atoms with Gasteiger partial charge in [-0.05, 0) is 55.5 Å². The standard InChI is InChI=1S/C24H26F3N3O2/c1-15-28-14-23(32-15)21-10-18-9-20(29-12-19(18)13-30-21)11-22(31)17-6-4-16(5-7-17)3-2-8-24(25,26)27/h9-10,12-14,16-17H,2-8,11H2,1H3. The maximum absolute atomic E-state index is 12.8. The Kier molecular flexibility index (Phi) is 6.58. The molecule has 0 spiro atoms. The highest BCUT2D eigenvalue weighted by Crippen LogP contribution is 2.34. The van der Waals surface area contributed by atoms with Gasteiger partial charge in [0, 0.05) is 49.2 Å². The number of hydrogen-bond acceptors (Lipinski definition) is 5. The van der Waals surface area contributed by atoms with Gasteiger partial charge < -0.3 is 4.42 Å². The highest BCUT2D eigenvalue weighted by Gasteiger charge is 2.29. The zero-order valence-corrected chi connectivity index (χ0v) is 18.0. The average molecular weight is 445 g/mol. The van der Waals surface area contributed by atoms with Gasteiger partial charge in [0.2, 0.25) is 0 Å². The molecule has 170 valence electrons. The van der Waals surface area contributed by atoms with Gasteiger partial charge in [0.05, 0.1) is 6.20 Å². The number of alkyl halides is 3. The highest BCUT2D eigenvalue weighted by molar-refractivity contribution is 5.87. The molecule has 0 bridgehead atoms. The first-order valence-corrected chi connectivity index (χ1v) is 11.0. The number of halogens is 3. The summed E-state index contributed by atoms with van der Waals surface area (Å²) >= 11 is 0. The predicted molar refractivity (Wildman–Crippen MR) is 114 cm³/mol. The summed E-state index contributed by atoms with van der Waals surface area (Å²) in [6.07, 6.45) is 4.47. The fourth-order valence-corrected chi connectivity index (χ4v) is 4.48. The molecule has 3 aromatic heterocycles. The Labute approximate surface area is 184 Å². The molecule has 3 aromatic rings. The Morgan fingerprint density at radius 2 is 1.78 bits per heavy atom. The number of ketones is 1. The molecule has 3 heterocycles. The van der Waals surface area contributed by atoms with Crippen LogP contribution in [-0.2, 0) is 11.2 Å². The van der Waals surface area contributed by atoms with E-state index in [1.807, 2.05) is 12.1 Å². The van der Waals surface area contributed by atoms with E-state index >= 15 is 0 Å². The number of nitrogens with zero attached hydrogens (tertiary/aromatic N) is 3. The molecular weight excluding hydrogens is 419 g/mol. The largest absolute Gasteiger partial charge is 0.439 e. The van der Waals surface area contributed by atoms with E-state index in [4.69, 9.17) is 4.42 Å². The Morgan fingerprint density at radius 3 is 2.47 bits per heavy atom. The molecule has 0 saturated heterocycles. The van der Waals surface area contributed by atoms with E-state index in [1.165, 1.54) is 0 Å². The second-order valence-electron chi connectivity index (χ2n) is 8.70. The molecule has 0 aliphatic heterocycles. The second kappa shape index (κ2) is 9.38. The van der Waals surface area contributed by atoms with E-state index in [0.29, 0.717) is 35.4 Å². The molecule has 0 unspecified atom stereocenters. The third kappa shape index (κ3) is 5.72. The van der Waals surface area contributed by atoms with Crippen LogP contribution in [0.5, 0.6) is 0 Å². The van der Waals surface area contributed by atoms with Crippen molar-refractivity contribution in [2.24, 2.45) is 11.8 Å². The summed E-state index contributed by atoms with van der Waals surface area (Å²) in [5.41, 5.74) is 1.38. The third-order valence-corrected chi connectivity index (χ3v) is 6.26. The van der Waals surface area contributed by atoms with Crippen molar-refractivity contribution in [3.63, 3.8) is 0 Å². The minimum Gasteiger partial charge on any atom is -0.439 e. The topological polar surface area (TPSA) is 68.9 Å². The van der Waals surface area contributed by atoms with Gasteiger partial charge in [0.1, 0.15) is 11.5 Å². The Bertz CT molecular complexity index is 1090. The maximum Gasteiger partial charge on any atom is 0.389 e. The minimum atomic E-state index is -4.08. The number of oxazole rings is 1. The molecule has 1 saturated carbocycles. The van der Waals surface area contributed by atoms with E-state index < -0.39 is 12.6 Å². The molecular formula is C24H26F3N3O2. The van der Waals surface area contributed by atoms with E-state index in [0.717, 1.165) is 36.5 Å². The number of fused-ring (bicyclic) bond motifs is 1. The Morgan fingerprint density at radius 1 is 1.03 bits per heavy atom. The molecule has 0 N–H and O–H groups in total. The van der Waals surface area contributed by atoms with Crippen molar-refractivity contribution in [1.29, 1.82) is 0 Å². The molecule has 8 heteroatoms. The minimum absolute atomic E-state index is 0.0310. The first-order chi connectivity index (χ1) is 15.3. The summed E-state index contributed by atoms with van der Waals surface area (Å²) in [4.78, 5) is 25.7. The number of rotatable bonds is 7. The number of Topliss-reactive ketones (excluding diaryl/α,β-unsaturated/α-hetero) is 1. The number of pyridine rings is 2. The van der Waals surface area contributed by atoms with Crippen LogP contribution in [0.25, 0.3) is 22.2 Å². The first-order valence-electron chi connectivity index (χ1n) is 11.0. The molecule has 0 atom stereocenters. The molecule has 5 nitrogen and oxygen atoms in total.